The van der Waals surface area contributed by atoms with Crippen molar-refractivity contribution in [1.82, 2.24) is 5.32 Å². The predicted octanol–water partition coefficient (Wildman–Crippen LogP) is 3.26. The van der Waals surface area contributed by atoms with Gasteiger partial charge in [0, 0.05) is 24.2 Å². The molecule has 1 aliphatic heterocycles. The van der Waals surface area contributed by atoms with Crippen LogP contribution in [0.15, 0.2) is 24.3 Å². The van der Waals surface area contributed by atoms with E-state index in [1.165, 1.54) is 18.4 Å². The smallest absolute Gasteiger partial charge is 0.119 e. The molecule has 2 rings (SSSR count). The number of hydrogen-bond acceptors (Lipinski definition) is 4. The molecule has 2 atom stereocenters. The van der Waals surface area contributed by atoms with Crippen LogP contribution < -0.4 is 10.1 Å². The first kappa shape index (κ1) is 15.7. The molecule has 1 saturated heterocycles. The second-order valence-corrected chi connectivity index (χ2v) is 6.09. The van der Waals surface area contributed by atoms with E-state index in [4.69, 9.17) is 9.47 Å². The van der Waals surface area contributed by atoms with Gasteiger partial charge in [0.05, 0.1) is 12.7 Å². The highest BCUT2D eigenvalue weighted by atomic mass is 32.2. The first-order valence-corrected chi connectivity index (χ1v) is 8.58. The van der Waals surface area contributed by atoms with E-state index in [2.05, 4.69) is 17.4 Å². The van der Waals surface area contributed by atoms with Gasteiger partial charge in [-0.3, -0.25) is 0 Å². The van der Waals surface area contributed by atoms with Crippen LogP contribution >= 0.6 is 11.8 Å². The van der Waals surface area contributed by atoms with E-state index in [0.29, 0.717) is 18.8 Å². The van der Waals surface area contributed by atoms with Crippen LogP contribution in [0.1, 0.15) is 31.4 Å². The Labute approximate surface area is 126 Å². The van der Waals surface area contributed by atoms with E-state index in [1.807, 2.05) is 37.9 Å². The summed E-state index contributed by atoms with van der Waals surface area (Å²) in [6.45, 7) is 3.66. The molecule has 1 fully saturated rings. The maximum atomic E-state index is 5.66. The van der Waals surface area contributed by atoms with E-state index in [-0.39, 0.29) is 0 Å². The Bertz CT molecular complexity index is 377. The lowest BCUT2D eigenvalue weighted by Gasteiger charge is -2.18. The molecule has 0 saturated carbocycles. The summed E-state index contributed by atoms with van der Waals surface area (Å²) >= 11 is 1.97. The summed E-state index contributed by atoms with van der Waals surface area (Å²) in [6.07, 6.45) is 2.91. The topological polar surface area (TPSA) is 30.5 Å². The van der Waals surface area contributed by atoms with Crippen LogP contribution in [0.4, 0.5) is 0 Å². The van der Waals surface area contributed by atoms with Gasteiger partial charge in [-0.05, 0) is 44.5 Å². The summed E-state index contributed by atoms with van der Waals surface area (Å²) in [5.41, 5.74) is 1.32. The van der Waals surface area contributed by atoms with Gasteiger partial charge in [-0.1, -0.05) is 12.1 Å². The van der Waals surface area contributed by atoms with Gasteiger partial charge in [0.2, 0.25) is 0 Å². The quantitative estimate of drug-likeness (QED) is 0.797. The van der Waals surface area contributed by atoms with E-state index in [1.54, 1.807) is 0 Å². The lowest BCUT2D eigenvalue weighted by molar-refractivity contribution is 0.129. The minimum absolute atomic E-state index is 0.386. The average Bonchev–Trinajstić information content (AvgIpc) is 2.98. The molecule has 3 nitrogen and oxygen atoms in total. The lowest BCUT2D eigenvalue weighted by Crippen LogP contribution is -2.20. The average molecular weight is 295 g/mol. The summed E-state index contributed by atoms with van der Waals surface area (Å²) in [5.74, 6) is 3.12. The number of thioether (sulfide) groups is 1. The third-order valence-electron chi connectivity index (χ3n) is 3.55. The van der Waals surface area contributed by atoms with Gasteiger partial charge >= 0.3 is 0 Å². The molecule has 0 amide bonds. The van der Waals surface area contributed by atoms with Crippen molar-refractivity contribution in [3.63, 3.8) is 0 Å². The molecule has 0 aliphatic carbocycles. The fourth-order valence-electron chi connectivity index (χ4n) is 2.40. The molecule has 20 heavy (non-hydrogen) atoms. The molecule has 1 aromatic carbocycles. The van der Waals surface area contributed by atoms with Crippen molar-refractivity contribution in [1.29, 1.82) is 0 Å². The van der Waals surface area contributed by atoms with Gasteiger partial charge in [-0.15, -0.1) is 0 Å². The zero-order chi connectivity index (χ0) is 14.2. The summed E-state index contributed by atoms with van der Waals surface area (Å²) in [7, 11) is 2.02. The second kappa shape index (κ2) is 8.55. The molecular formula is C16H25NO2S. The number of nitrogens with one attached hydrogen (secondary N) is 1. The van der Waals surface area contributed by atoms with Crippen LogP contribution in [0.25, 0.3) is 0 Å². The Morgan fingerprint density at radius 3 is 2.80 bits per heavy atom. The zero-order valence-corrected chi connectivity index (χ0v) is 13.2. The molecule has 1 heterocycles. The van der Waals surface area contributed by atoms with Gasteiger partial charge in [-0.2, -0.15) is 11.8 Å². The lowest BCUT2D eigenvalue weighted by atomic mass is 10.1. The molecule has 112 valence electrons. The summed E-state index contributed by atoms with van der Waals surface area (Å²) < 4.78 is 11.1. The van der Waals surface area contributed by atoms with Crippen molar-refractivity contribution in [3.8, 4) is 5.75 Å². The Morgan fingerprint density at radius 2 is 2.20 bits per heavy atom. The van der Waals surface area contributed by atoms with Gasteiger partial charge in [-0.25, -0.2) is 0 Å². The second-order valence-electron chi connectivity index (χ2n) is 5.02. The molecule has 2 unspecified atom stereocenters. The molecular weight excluding hydrogens is 270 g/mol. The SMILES string of the molecule is CCOc1ccc(C(CSCC2CCCO2)NC)cc1. The van der Waals surface area contributed by atoms with Crippen molar-refractivity contribution in [2.75, 3.05) is 31.8 Å². The normalized spacial score (nSPS) is 20.0. The van der Waals surface area contributed by atoms with Gasteiger partial charge in [0.15, 0.2) is 0 Å². The van der Waals surface area contributed by atoms with Gasteiger partial charge in [0.25, 0.3) is 0 Å². The Kier molecular flexibility index (Phi) is 6.70. The largest absolute Gasteiger partial charge is 0.494 e. The van der Waals surface area contributed by atoms with Crippen molar-refractivity contribution in [3.05, 3.63) is 29.8 Å². The number of benzene rings is 1. The minimum Gasteiger partial charge on any atom is -0.494 e. The van der Waals surface area contributed by atoms with Crippen LogP contribution in [-0.2, 0) is 4.74 Å². The standard InChI is InChI=1S/C16H25NO2S/c1-3-18-14-8-6-13(7-9-14)16(17-2)12-20-11-15-5-4-10-19-15/h6-9,15-17H,3-5,10-12H2,1-2H3. The Hall–Kier alpha value is -0.710. The van der Waals surface area contributed by atoms with Crippen LogP contribution in [0, 0.1) is 0 Å². The third-order valence-corrected chi connectivity index (χ3v) is 4.73. The first-order valence-electron chi connectivity index (χ1n) is 7.43. The van der Waals surface area contributed by atoms with Gasteiger partial charge < -0.3 is 14.8 Å². The molecule has 0 bridgehead atoms. The number of rotatable bonds is 8. The summed E-state index contributed by atoms with van der Waals surface area (Å²) in [4.78, 5) is 0. The molecule has 1 aromatic rings. The molecule has 0 spiro atoms. The van der Waals surface area contributed by atoms with E-state index < -0.39 is 0 Å². The minimum atomic E-state index is 0.386. The monoisotopic (exact) mass is 295 g/mol. The maximum absolute atomic E-state index is 5.66. The molecule has 0 aromatic heterocycles. The molecule has 4 heteroatoms. The number of ether oxygens (including phenoxy) is 2. The van der Waals surface area contributed by atoms with Crippen LogP contribution in [0.5, 0.6) is 5.75 Å². The third kappa shape index (κ3) is 4.69. The number of hydrogen-bond donors (Lipinski definition) is 1. The highest BCUT2D eigenvalue weighted by Crippen LogP contribution is 2.23. The summed E-state index contributed by atoms with van der Waals surface area (Å²) in [6, 6.07) is 8.79. The van der Waals surface area contributed by atoms with Crippen LogP contribution in [0.2, 0.25) is 0 Å². The maximum Gasteiger partial charge on any atom is 0.119 e. The van der Waals surface area contributed by atoms with Crippen molar-refractivity contribution in [2.24, 2.45) is 0 Å². The van der Waals surface area contributed by atoms with E-state index >= 15 is 0 Å². The van der Waals surface area contributed by atoms with E-state index in [0.717, 1.165) is 23.9 Å². The predicted molar refractivity (Wildman–Crippen MR) is 85.7 cm³/mol. The summed E-state index contributed by atoms with van der Waals surface area (Å²) in [5, 5.41) is 3.39. The highest BCUT2D eigenvalue weighted by molar-refractivity contribution is 7.99. The zero-order valence-electron chi connectivity index (χ0n) is 12.4. The van der Waals surface area contributed by atoms with Gasteiger partial charge in [0.1, 0.15) is 5.75 Å². The fraction of sp³-hybridized carbons (Fsp3) is 0.625. The molecule has 1 N–H and O–H groups in total. The highest BCUT2D eigenvalue weighted by Gasteiger charge is 2.16. The van der Waals surface area contributed by atoms with Crippen molar-refractivity contribution >= 4 is 11.8 Å². The Morgan fingerprint density at radius 1 is 1.40 bits per heavy atom. The first-order chi connectivity index (χ1) is 9.83. The van der Waals surface area contributed by atoms with Crippen molar-refractivity contribution in [2.45, 2.75) is 31.9 Å². The molecule has 1 aliphatic rings. The molecule has 0 radical (unpaired) electrons. The fourth-order valence-corrected chi connectivity index (χ4v) is 3.66. The van der Waals surface area contributed by atoms with E-state index in [9.17, 15) is 0 Å². The van der Waals surface area contributed by atoms with Crippen LogP contribution in [0.3, 0.4) is 0 Å². The van der Waals surface area contributed by atoms with Crippen LogP contribution in [-0.4, -0.2) is 37.9 Å². The van der Waals surface area contributed by atoms with Crippen molar-refractivity contribution < 1.29 is 9.47 Å². The Balaban J connectivity index is 1.80.